The molecule has 0 aliphatic carbocycles. The average Bonchev–Trinajstić information content (AvgIpc) is 3.43. The summed E-state index contributed by atoms with van der Waals surface area (Å²) < 4.78 is 0. The quantitative estimate of drug-likeness (QED) is 0.0246. The zero-order valence-electron chi connectivity index (χ0n) is 43.3. The van der Waals surface area contributed by atoms with Gasteiger partial charge in [0, 0.05) is 29.3 Å². The Hall–Kier alpha value is -9.05. The molecule has 0 saturated carbocycles. The molecule has 0 radical (unpaired) electrons. The van der Waals surface area contributed by atoms with E-state index in [-0.39, 0.29) is 78.2 Å². The largest absolute Gasteiger partial charge is 0.507 e. The van der Waals surface area contributed by atoms with Crippen LogP contribution >= 0.6 is 0 Å². The number of unbranched alkanes of at least 4 members (excludes halogenated alkanes) is 3. The van der Waals surface area contributed by atoms with Gasteiger partial charge >= 0.3 is 6.03 Å². The highest BCUT2D eigenvalue weighted by atomic mass is 16.3. The second-order valence-corrected chi connectivity index (χ2v) is 18.2. The van der Waals surface area contributed by atoms with E-state index in [0.29, 0.717) is 58.0 Å². The van der Waals surface area contributed by atoms with Crippen molar-refractivity contribution in [3.8, 4) is 23.0 Å². The predicted molar refractivity (Wildman–Crippen MR) is 293 cm³/mol. The number of hydrogen-bond acceptors (Lipinski definition) is 17. The minimum atomic E-state index is -1.36. The Bertz CT molecular complexity index is 2830. The van der Waals surface area contributed by atoms with Gasteiger partial charge in [-0.25, -0.2) is 4.79 Å². The highest BCUT2D eigenvalue weighted by Crippen LogP contribution is 2.27. The third-order valence-electron chi connectivity index (χ3n) is 12.1. The topological polar surface area (TPSA) is 487 Å². The summed E-state index contributed by atoms with van der Waals surface area (Å²) >= 11 is 0. The molecular weight excluding hydrogens is 1030 g/mol. The molecule has 4 aromatic carbocycles. The second-order valence-electron chi connectivity index (χ2n) is 18.2. The number of rotatable bonds is 31. The minimum Gasteiger partial charge on any atom is -0.507 e. The number of hydrogen-bond donors (Lipinski definition) is 18. The number of phenolic OH excluding ortho intramolecular Hbond substituents is 3. The minimum absolute atomic E-state index is 0.00360. The van der Waals surface area contributed by atoms with Gasteiger partial charge in [-0.15, -0.1) is 0 Å². The van der Waals surface area contributed by atoms with Crippen molar-refractivity contribution >= 4 is 76.0 Å². The maximum atomic E-state index is 13.9. The van der Waals surface area contributed by atoms with Crippen LogP contribution < -0.4 is 76.9 Å². The standard InChI is InChI=1S/C52H70N14O13/c53-20-4-1-8-36(56)48(75)60-29-13-17-41(68)33(25-29)47(74)66-39(11-7-23-59-52(58)79)51(78)63-31-15-19-43(70)35(27-31)46(73)65-38(10-3-6-22-55)50(77)62-30-14-18-42(69)34(26-30)45(72)64-37(9-2-5-21-54)49(76)61-28-12-16-40(67)32(24-28)44(57)71/h12-19,24-27,36-39,67-70H,1-11,20-23,53-56H2,(H2,57,71)(H,60,75)(H,61,76)(H,62,77)(H,63,78)(H,64,72)(H,65,73)(H,66,74)(H3,58,59,79). The van der Waals surface area contributed by atoms with E-state index in [9.17, 15) is 63.6 Å². The molecule has 0 saturated heterocycles. The molecule has 79 heavy (non-hydrogen) atoms. The van der Waals surface area contributed by atoms with Crippen molar-refractivity contribution in [2.24, 2.45) is 34.4 Å². The third kappa shape index (κ3) is 19.8. The van der Waals surface area contributed by atoms with Gasteiger partial charge < -0.3 is 97.4 Å². The van der Waals surface area contributed by atoms with E-state index in [2.05, 4.69) is 42.5 Å². The molecule has 4 unspecified atom stereocenters. The number of nitrogens with two attached hydrogens (primary N) is 6. The van der Waals surface area contributed by atoms with Gasteiger partial charge in [0.05, 0.1) is 28.3 Å². The Morgan fingerprint density at radius 1 is 0.405 bits per heavy atom. The summed E-state index contributed by atoms with van der Waals surface area (Å²) in [5.41, 5.74) is 32.2. The molecule has 0 fully saturated rings. The summed E-state index contributed by atoms with van der Waals surface area (Å²) in [6.07, 6.45) is 3.43. The number of amides is 10. The lowest BCUT2D eigenvalue weighted by Gasteiger charge is -2.21. The number of benzene rings is 4. The normalized spacial score (nSPS) is 12.4. The Morgan fingerprint density at radius 3 is 1.04 bits per heavy atom. The molecular formula is C52H70N14O13. The van der Waals surface area contributed by atoms with E-state index >= 15 is 0 Å². The van der Waals surface area contributed by atoms with Crippen LogP contribution in [0.1, 0.15) is 112 Å². The van der Waals surface area contributed by atoms with Crippen molar-refractivity contribution in [3.05, 3.63) is 95.1 Å². The summed E-state index contributed by atoms with van der Waals surface area (Å²) in [5.74, 6) is -8.63. The van der Waals surface area contributed by atoms with Gasteiger partial charge in [0.2, 0.25) is 23.6 Å². The number of phenols is 4. The van der Waals surface area contributed by atoms with Crippen LogP contribution in [0, 0.1) is 0 Å². The van der Waals surface area contributed by atoms with Crippen LogP contribution in [-0.4, -0.2) is 124 Å². The van der Waals surface area contributed by atoms with Crippen molar-refractivity contribution < 1.29 is 63.6 Å². The fraction of sp³-hybridized carbons (Fsp3) is 0.365. The Morgan fingerprint density at radius 2 is 0.709 bits per heavy atom. The molecule has 27 heteroatoms. The third-order valence-corrected chi connectivity index (χ3v) is 12.1. The van der Waals surface area contributed by atoms with Crippen molar-refractivity contribution in [2.45, 2.75) is 94.8 Å². The highest BCUT2D eigenvalue weighted by Gasteiger charge is 2.28. The summed E-state index contributed by atoms with van der Waals surface area (Å²) in [7, 11) is 0. The number of carbonyl (C=O) groups is 9. The zero-order valence-corrected chi connectivity index (χ0v) is 43.3. The maximum Gasteiger partial charge on any atom is 0.312 e. The first-order valence-electron chi connectivity index (χ1n) is 25.3. The number of anilines is 4. The van der Waals surface area contributed by atoms with Crippen molar-refractivity contribution in [3.63, 3.8) is 0 Å². The van der Waals surface area contributed by atoms with E-state index in [1.165, 1.54) is 30.3 Å². The van der Waals surface area contributed by atoms with Crippen LogP contribution in [0.2, 0.25) is 0 Å². The van der Waals surface area contributed by atoms with Crippen molar-refractivity contribution in [2.75, 3.05) is 47.4 Å². The molecule has 0 spiro atoms. The number of primary amides is 2. The molecule has 4 aromatic rings. The van der Waals surface area contributed by atoms with E-state index < -0.39 is 106 Å². The van der Waals surface area contributed by atoms with Gasteiger partial charge in [-0.1, -0.05) is 6.42 Å². The molecule has 10 amide bonds. The van der Waals surface area contributed by atoms with Crippen LogP contribution in [0.3, 0.4) is 0 Å². The van der Waals surface area contributed by atoms with Crippen LogP contribution in [0.5, 0.6) is 23.0 Å². The summed E-state index contributed by atoms with van der Waals surface area (Å²) in [5, 5.41) is 62.7. The molecule has 27 nitrogen and oxygen atoms in total. The summed E-state index contributed by atoms with van der Waals surface area (Å²) in [4.78, 5) is 118. The lowest BCUT2D eigenvalue weighted by atomic mass is 10.1. The lowest BCUT2D eigenvalue weighted by molar-refractivity contribution is -0.118. The number of urea groups is 1. The van der Waals surface area contributed by atoms with E-state index in [1.54, 1.807) is 0 Å². The molecule has 4 atom stereocenters. The zero-order chi connectivity index (χ0) is 58.2. The van der Waals surface area contributed by atoms with Gasteiger partial charge in [-0.2, -0.15) is 0 Å². The lowest BCUT2D eigenvalue weighted by Crippen LogP contribution is -2.44. The molecule has 4 rings (SSSR count). The van der Waals surface area contributed by atoms with Crippen LogP contribution in [0.4, 0.5) is 27.5 Å². The summed E-state index contributed by atoms with van der Waals surface area (Å²) in [6.45, 7) is 0.971. The van der Waals surface area contributed by atoms with Gasteiger partial charge in [-0.3, -0.25) is 38.4 Å². The number of nitrogens with one attached hydrogen (secondary N) is 8. The first kappa shape index (κ1) is 62.5. The maximum absolute atomic E-state index is 13.9. The SMILES string of the molecule is NCCCCC(N)C(=O)Nc1ccc(O)c(C(=O)NC(CCCNC(N)=O)C(=O)Nc2ccc(O)c(C(=O)NC(CCCCN)C(=O)Nc3ccc(O)c(C(=O)NC(CCCCN)C(=O)Nc4ccc(O)c(C(N)=O)c4)c3)c2)c1. The van der Waals surface area contributed by atoms with Gasteiger partial charge in [0.15, 0.2) is 0 Å². The van der Waals surface area contributed by atoms with E-state index in [0.717, 1.165) is 42.5 Å². The summed E-state index contributed by atoms with van der Waals surface area (Å²) in [6, 6.07) is 8.76. The number of aromatic hydroxyl groups is 4. The van der Waals surface area contributed by atoms with Crippen LogP contribution in [0.25, 0.3) is 0 Å². The van der Waals surface area contributed by atoms with Gasteiger partial charge in [-0.05, 0) is 157 Å². The first-order chi connectivity index (χ1) is 37.6. The van der Waals surface area contributed by atoms with Gasteiger partial charge in [0.1, 0.15) is 41.1 Å². The van der Waals surface area contributed by atoms with Gasteiger partial charge in [0.25, 0.3) is 23.6 Å². The fourth-order valence-electron chi connectivity index (χ4n) is 7.78. The number of carbonyl (C=O) groups excluding carboxylic acids is 9. The smallest absolute Gasteiger partial charge is 0.312 e. The predicted octanol–water partition coefficient (Wildman–Crippen LogP) is 0.921. The molecule has 0 aliphatic rings. The molecule has 24 N–H and O–H groups in total. The first-order valence-corrected chi connectivity index (χ1v) is 25.3. The molecule has 0 aliphatic heterocycles. The second kappa shape index (κ2) is 31.2. The van der Waals surface area contributed by atoms with Crippen LogP contribution in [-0.2, 0) is 19.2 Å². The molecule has 0 heterocycles. The Kier molecular flexibility index (Phi) is 24.7. The molecule has 0 aromatic heterocycles. The monoisotopic (exact) mass is 1100 g/mol. The molecule has 426 valence electrons. The van der Waals surface area contributed by atoms with Crippen molar-refractivity contribution in [1.82, 2.24) is 21.3 Å². The molecule has 0 bridgehead atoms. The highest BCUT2D eigenvalue weighted by molar-refractivity contribution is 6.07. The van der Waals surface area contributed by atoms with Crippen LogP contribution in [0.15, 0.2) is 72.8 Å². The van der Waals surface area contributed by atoms with E-state index in [4.69, 9.17) is 34.4 Å². The van der Waals surface area contributed by atoms with E-state index in [1.807, 2.05) is 0 Å². The average molecular weight is 1100 g/mol. The Balaban J connectivity index is 1.51. The Labute approximate surface area is 454 Å². The van der Waals surface area contributed by atoms with Crippen molar-refractivity contribution in [1.29, 1.82) is 0 Å². The fourth-order valence-corrected chi connectivity index (χ4v) is 7.78.